The number of nitrogens with one attached hydrogen (secondary N) is 1. The molecule has 21 heavy (non-hydrogen) atoms. The lowest BCUT2D eigenvalue weighted by atomic mass is 10.2. The summed E-state index contributed by atoms with van der Waals surface area (Å²) < 4.78 is 26.6. The molecule has 2 rings (SSSR count). The molecule has 1 aromatic carbocycles. The van der Waals surface area contributed by atoms with E-state index in [1.54, 1.807) is 6.07 Å². The van der Waals surface area contributed by atoms with Crippen molar-refractivity contribution in [1.29, 1.82) is 0 Å². The average Bonchev–Trinajstić information content (AvgIpc) is 2.45. The first kappa shape index (κ1) is 15.3. The Kier molecular flexibility index (Phi) is 4.75. The summed E-state index contributed by atoms with van der Waals surface area (Å²) in [4.78, 5) is 7.46. The van der Waals surface area contributed by atoms with Crippen LogP contribution in [-0.2, 0) is 10.0 Å². The van der Waals surface area contributed by atoms with Crippen LogP contribution in [0.5, 0.6) is 0 Å². The molecule has 0 saturated heterocycles. The smallest absolute Gasteiger partial charge is 0.265 e. The Bertz CT molecular complexity index is 798. The Morgan fingerprint density at radius 3 is 2.62 bits per heavy atom. The normalized spacial score (nSPS) is 10.6. The molecule has 0 atom stereocenters. The van der Waals surface area contributed by atoms with E-state index in [4.69, 9.17) is 16.7 Å². The molecule has 0 amide bonds. The van der Waals surface area contributed by atoms with Crippen molar-refractivity contribution in [2.45, 2.75) is 4.90 Å². The van der Waals surface area contributed by atoms with Gasteiger partial charge in [0.25, 0.3) is 10.0 Å². The van der Waals surface area contributed by atoms with Crippen LogP contribution >= 0.6 is 11.6 Å². The van der Waals surface area contributed by atoms with E-state index in [2.05, 4.69) is 26.5 Å². The highest BCUT2D eigenvalue weighted by Gasteiger charge is 2.19. The predicted molar refractivity (Wildman–Crippen MR) is 78.3 cm³/mol. The molecule has 0 aliphatic rings. The van der Waals surface area contributed by atoms with Crippen molar-refractivity contribution in [3.63, 3.8) is 0 Å². The third-order valence-corrected chi connectivity index (χ3v) is 4.14. The van der Waals surface area contributed by atoms with Gasteiger partial charge in [-0.2, -0.15) is 0 Å². The Morgan fingerprint density at radius 1 is 1.29 bits per heavy atom. The Hall–Kier alpha value is -2.14. The standard InChI is InChI=1S/C13H10ClN3O3S/c14-11-9-10(3-1-8-18)4-5-12(11)21(19,20)17-13-15-6-2-7-16-13/h2,4-7,9,18H,8H2,(H,15,16,17). The van der Waals surface area contributed by atoms with Crippen LogP contribution < -0.4 is 4.72 Å². The maximum absolute atomic E-state index is 12.2. The third-order valence-electron chi connectivity index (χ3n) is 2.32. The number of rotatable bonds is 3. The van der Waals surface area contributed by atoms with E-state index in [0.717, 1.165) is 0 Å². The zero-order chi connectivity index (χ0) is 15.3. The number of hydrogen-bond acceptors (Lipinski definition) is 5. The SMILES string of the molecule is O=S(=O)(Nc1ncccn1)c1ccc(C#CCO)cc1Cl. The number of aromatic nitrogens is 2. The number of aliphatic hydroxyl groups excluding tert-OH is 1. The molecule has 1 aromatic heterocycles. The molecular formula is C13H10ClN3O3S. The van der Waals surface area contributed by atoms with E-state index in [9.17, 15) is 8.42 Å². The summed E-state index contributed by atoms with van der Waals surface area (Å²) in [6.07, 6.45) is 2.83. The zero-order valence-electron chi connectivity index (χ0n) is 10.6. The molecule has 2 aromatic rings. The molecule has 0 fully saturated rings. The second-order valence-corrected chi connectivity index (χ2v) is 5.84. The lowest BCUT2D eigenvalue weighted by Crippen LogP contribution is -2.15. The largest absolute Gasteiger partial charge is 0.384 e. The molecule has 8 heteroatoms. The van der Waals surface area contributed by atoms with Gasteiger partial charge in [0, 0.05) is 18.0 Å². The molecule has 1 heterocycles. The van der Waals surface area contributed by atoms with Crippen LogP contribution in [0, 0.1) is 11.8 Å². The number of benzene rings is 1. The van der Waals surface area contributed by atoms with Crippen LogP contribution in [0.4, 0.5) is 5.95 Å². The topological polar surface area (TPSA) is 92.2 Å². The van der Waals surface area contributed by atoms with E-state index in [1.807, 2.05) is 0 Å². The minimum Gasteiger partial charge on any atom is -0.384 e. The van der Waals surface area contributed by atoms with Gasteiger partial charge in [0.15, 0.2) is 0 Å². The van der Waals surface area contributed by atoms with Crippen LogP contribution in [-0.4, -0.2) is 30.1 Å². The summed E-state index contributed by atoms with van der Waals surface area (Å²) in [5.41, 5.74) is 0.504. The first-order valence-electron chi connectivity index (χ1n) is 5.72. The van der Waals surface area contributed by atoms with Gasteiger partial charge in [0.05, 0.1) is 5.02 Å². The summed E-state index contributed by atoms with van der Waals surface area (Å²) in [7, 11) is -3.89. The van der Waals surface area contributed by atoms with Crippen LogP contribution in [0.25, 0.3) is 0 Å². The van der Waals surface area contributed by atoms with Gasteiger partial charge >= 0.3 is 0 Å². The van der Waals surface area contributed by atoms with Crippen molar-refractivity contribution in [3.8, 4) is 11.8 Å². The second-order valence-electron chi connectivity index (χ2n) is 3.78. The monoisotopic (exact) mass is 323 g/mol. The number of anilines is 1. The lowest BCUT2D eigenvalue weighted by molar-refractivity contribution is 0.350. The van der Waals surface area contributed by atoms with E-state index >= 15 is 0 Å². The van der Waals surface area contributed by atoms with E-state index in [1.165, 1.54) is 30.6 Å². The maximum atomic E-state index is 12.2. The molecular weight excluding hydrogens is 314 g/mol. The Labute approximate surface area is 126 Å². The highest BCUT2D eigenvalue weighted by Crippen LogP contribution is 2.23. The van der Waals surface area contributed by atoms with Crippen LogP contribution in [0.3, 0.4) is 0 Å². The first-order valence-corrected chi connectivity index (χ1v) is 7.58. The number of hydrogen-bond donors (Lipinski definition) is 2. The van der Waals surface area contributed by atoms with Crippen molar-refractivity contribution in [3.05, 3.63) is 47.2 Å². The van der Waals surface area contributed by atoms with Gasteiger partial charge in [-0.3, -0.25) is 0 Å². The summed E-state index contributed by atoms with van der Waals surface area (Å²) in [5, 5.41) is 8.64. The zero-order valence-corrected chi connectivity index (χ0v) is 12.2. The highest BCUT2D eigenvalue weighted by atomic mass is 35.5. The Morgan fingerprint density at radius 2 is 2.00 bits per heavy atom. The molecule has 108 valence electrons. The summed E-state index contributed by atoms with van der Waals surface area (Å²) in [6, 6.07) is 5.80. The van der Waals surface area contributed by atoms with Crippen LogP contribution in [0.15, 0.2) is 41.6 Å². The van der Waals surface area contributed by atoms with Gasteiger partial charge in [-0.1, -0.05) is 23.4 Å². The highest BCUT2D eigenvalue weighted by molar-refractivity contribution is 7.92. The second kappa shape index (κ2) is 6.54. The molecule has 0 radical (unpaired) electrons. The Balaban J connectivity index is 2.32. The fraction of sp³-hybridized carbons (Fsp3) is 0.0769. The quantitative estimate of drug-likeness (QED) is 0.830. The maximum Gasteiger partial charge on any atom is 0.265 e. The van der Waals surface area contributed by atoms with Crippen molar-refractivity contribution in [2.75, 3.05) is 11.3 Å². The van der Waals surface area contributed by atoms with E-state index in [-0.39, 0.29) is 22.5 Å². The molecule has 6 nitrogen and oxygen atoms in total. The van der Waals surface area contributed by atoms with Crippen LogP contribution in [0.2, 0.25) is 5.02 Å². The van der Waals surface area contributed by atoms with Crippen molar-refractivity contribution < 1.29 is 13.5 Å². The van der Waals surface area contributed by atoms with Gasteiger partial charge in [-0.25, -0.2) is 23.1 Å². The van der Waals surface area contributed by atoms with Gasteiger partial charge in [-0.15, -0.1) is 0 Å². The molecule has 0 saturated carbocycles. The number of sulfonamides is 1. The van der Waals surface area contributed by atoms with E-state index in [0.29, 0.717) is 5.56 Å². The summed E-state index contributed by atoms with van der Waals surface area (Å²) in [5.74, 6) is 5.05. The average molecular weight is 324 g/mol. The number of nitrogens with zero attached hydrogens (tertiary/aromatic N) is 2. The molecule has 0 unspecified atom stereocenters. The summed E-state index contributed by atoms with van der Waals surface area (Å²) >= 11 is 5.97. The molecule has 0 bridgehead atoms. The predicted octanol–water partition coefficient (Wildman–Crippen LogP) is 1.27. The molecule has 2 N–H and O–H groups in total. The van der Waals surface area contributed by atoms with Gasteiger partial charge in [-0.05, 0) is 24.3 Å². The minimum atomic E-state index is -3.89. The number of aliphatic hydroxyl groups is 1. The molecule has 0 aliphatic carbocycles. The minimum absolute atomic E-state index is 0.0168. The van der Waals surface area contributed by atoms with Gasteiger partial charge in [0.1, 0.15) is 11.5 Å². The fourth-order valence-corrected chi connectivity index (χ4v) is 2.97. The van der Waals surface area contributed by atoms with Crippen LogP contribution in [0.1, 0.15) is 5.56 Å². The van der Waals surface area contributed by atoms with E-state index < -0.39 is 10.0 Å². The van der Waals surface area contributed by atoms with Crippen molar-refractivity contribution in [2.24, 2.45) is 0 Å². The molecule has 0 aliphatic heterocycles. The fourth-order valence-electron chi connectivity index (χ4n) is 1.47. The van der Waals surface area contributed by atoms with Crippen molar-refractivity contribution in [1.82, 2.24) is 9.97 Å². The molecule has 0 spiro atoms. The van der Waals surface area contributed by atoms with Gasteiger partial charge < -0.3 is 5.11 Å². The number of halogens is 1. The first-order chi connectivity index (χ1) is 10.0. The van der Waals surface area contributed by atoms with Gasteiger partial charge in [0.2, 0.25) is 5.95 Å². The lowest BCUT2D eigenvalue weighted by Gasteiger charge is -2.08. The van der Waals surface area contributed by atoms with Crippen molar-refractivity contribution >= 4 is 27.6 Å². The third kappa shape index (κ3) is 3.92. The summed E-state index contributed by atoms with van der Waals surface area (Å²) in [6.45, 7) is -0.287.